The highest BCUT2D eigenvalue weighted by Crippen LogP contribution is 2.21. The van der Waals surface area contributed by atoms with E-state index in [0.29, 0.717) is 0 Å². The van der Waals surface area contributed by atoms with E-state index in [1.807, 2.05) is 0 Å². The van der Waals surface area contributed by atoms with Gasteiger partial charge in [-0.1, -0.05) is 0 Å². The van der Waals surface area contributed by atoms with Gasteiger partial charge in [-0.2, -0.15) is 0 Å². The Morgan fingerprint density at radius 2 is 2.14 bits per heavy atom. The van der Waals surface area contributed by atoms with Gasteiger partial charge in [0.15, 0.2) is 9.84 Å². The lowest BCUT2D eigenvalue weighted by atomic mass is 10.1. The Bertz CT molecular complexity index is 704. The van der Waals surface area contributed by atoms with Crippen molar-refractivity contribution >= 4 is 21.4 Å². The summed E-state index contributed by atoms with van der Waals surface area (Å²) in [6.07, 6.45) is 0. The molecule has 0 radical (unpaired) electrons. The van der Waals surface area contributed by atoms with E-state index in [0.717, 1.165) is 18.2 Å². The Kier molecular flexibility index (Phi) is 3.95. The molecule has 2 rings (SSSR count). The first kappa shape index (κ1) is 15.4. The molecule has 0 aromatic heterocycles. The number of nitro groups is 1. The summed E-state index contributed by atoms with van der Waals surface area (Å²) < 4.78 is 36.7. The van der Waals surface area contributed by atoms with Crippen LogP contribution in [0, 0.1) is 15.9 Å². The number of hydrogen-bond donors (Lipinski definition) is 0. The Hall–Kier alpha value is -2.03. The Balaban J connectivity index is 2.32. The molecular formula is C12H13FN2O5S. The molecule has 7 nitrogen and oxygen atoms in total. The van der Waals surface area contributed by atoms with Crippen molar-refractivity contribution in [3.05, 3.63) is 39.7 Å². The minimum absolute atomic E-state index is 0.0511. The molecule has 0 saturated carbocycles. The zero-order valence-electron chi connectivity index (χ0n) is 11.2. The lowest BCUT2D eigenvalue weighted by Crippen LogP contribution is -2.49. The Labute approximate surface area is 120 Å². The number of halogens is 1. The quantitative estimate of drug-likeness (QED) is 0.598. The molecule has 9 heteroatoms. The van der Waals surface area contributed by atoms with Gasteiger partial charge in [0, 0.05) is 24.7 Å². The zero-order valence-corrected chi connectivity index (χ0v) is 12.0. The smallest absolute Gasteiger partial charge is 0.270 e. The van der Waals surface area contributed by atoms with Crippen molar-refractivity contribution < 1.29 is 22.5 Å². The molecular weight excluding hydrogens is 303 g/mol. The van der Waals surface area contributed by atoms with Gasteiger partial charge in [0.2, 0.25) is 0 Å². The molecule has 21 heavy (non-hydrogen) atoms. The second-order valence-corrected chi connectivity index (χ2v) is 7.11. The summed E-state index contributed by atoms with van der Waals surface area (Å²) >= 11 is 0. The lowest BCUT2D eigenvalue weighted by Gasteiger charge is -2.33. The average Bonchev–Trinajstić information content (AvgIpc) is 2.37. The predicted molar refractivity (Wildman–Crippen MR) is 72.2 cm³/mol. The van der Waals surface area contributed by atoms with Crippen LogP contribution in [0.5, 0.6) is 0 Å². The van der Waals surface area contributed by atoms with Crippen molar-refractivity contribution in [2.75, 3.05) is 18.1 Å². The first-order chi connectivity index (χ1) is 9.71. The fourth-order valence-corrected chi connectivity index (χ4v) is 3.80. The third kappa shape index (κ3) is 3.18. The molecule has 1 aliphatic heterocycles. The molecule has 1 heterocycles. The van der Waals surface area contributed by atoms with Crippen LogP contribution in [0.2, 0.25) is 0 Å². The van der Waals surface area contributed by atoms with Gasteiger partial charge < -0.3 is 4.90 Å². The largest absolute Gasteiger partial charge is 0.334 e. The van der Waals surface area contributed by atoms with Crippen LogP contribution in [0.15, 0.2) is 18.2 Å². The summed E-state index contributed by atoms with van der Waals surface area (Å²) in [5, 5.41) is 10.7. The maximum atomic E-state index is 13.7. The van der Waals surface area contributed by atoms with Crippen LogP contribution in [0.1, 0.15) is 17.3 Å². The van der Waals surface area contributed by atoms with E-state index in [-0.39, 0.29) is 18.1 Å². The van der Waals surface area contributed by atoms with Crippen LogP contribution in [0.3, 0.4) is 0 Å². The highest BCUT2D eigenvalue weighted by molar-refractivity contribution is 7.91. The van der Waals surface area contributed by atoms with E-state index in [9.17, 15) is 27.7 Å². The summed E-state index contributed by atoms with van der Waals surface area (Å²) in [4.78, 5) is 23.5. The van der Waals surface area contributed by atoms with E-state index in [1.165, 1.54) is 4.90 Å². The second kappa shape index (κ2) is 5.40. The fourth-order valence-electron chi connectivity index (χ4n) is 2.25. The van der Waals surface area contributed by atoms with Crippen molar-refractivity contribution in [2.45, 2.75) is 13.0 Å². The third-order valence-electron chi connectivity index (χ3n) is 3.32. The van der Waals surface area contributed by atoms with Gasteiger partial charge in [0.25, 0.3) is 11.6 Å². The van der Waals surface area contributed by atoms with Crippen LogP contribution in [0.25, 0.3) is 0 Å². The number of amides is 1. The predicted octanol–water partition coefficient (Wildman–Crippen LogP) is 0.993. The van der Waals surface area contributed by atoms with Crippen LogP contribution in [-0.4, -0.2) is 48.2 Å². The summed E-state index contributed by atoms with van der Waals surface area (Å²) in [5.74, 6) is -2.00. The normalized spacial score (nSPS) is 21.0. The van der Waals surface area contributed by atoms with Gasteiger partial charge >= 0.3 is 0 Å². The second-order valence-electron chi connectivity index (χ2n) is 4.88. The molecule has 0 aliphatic carbocycles. The highest BCUT2D eigenvalue weighted by Gasteiger charge is 2.33. The van der Waals surface area contributed by atoms with Crippen LogP contribution in [-0.2, 0) is 9.84 Å². The van der Waals surface area contributed by atoms with Crippen molar-refractivity contribution in [1.29, 1.82) is 0 Å². The molecule has 1 aromatic rings. The summed E-state index contributed by atoms with van der Waals surface area (Å²) in [6.45, 7) is 1.49. The van der Waals surface area contributed by atoms with Gasteiger partial charge in [-0.25, -0.2) is 12.8 Å². The molecule has 1 unspecified atom stereocenters. The minimum Gasteiger partial charge on any atom is -0.334 e. The molecule has 1 amide bonds. The van der Waals surface area contributed by atoms with Crippen LogP contribution in [0.4, 0.5) is 10.1 Å². The molecule has 1 fully saturated rings. The molecule has 0 bridgehead atoms. The summed E-state index contributed by atoms with van der Waals surface area (Å²) in [6, 6.07) is 2.09. The highest BCUT2D eigenvalue weighted by atomic mass is 32.2. The lowest BCUT2D eigenvalue weighted by molar-refractivity contribution is -0.384. The standard InChI is InChI=1S/C12H13FN2O5S/c1-8-7-21(19,20)5-4-14(8)12(16)10-6-9(15(17)18)2-3-11(10)13/h2-3,6,8H,4-5,7H2,1H3. The summed E-state index contributed by atoms with van der Waals surface area (Å²) in [7, 11) is -3.21. The van der Waals surface area contributed by atoms with Gasteiger partial charge in [0.1, 0.15) is 5.82 Å². The van der Waals surface area contributed by atoms with Crippen LogP contribution < -0.4 is 0 Å². The molecule has 114 valence electrons. The monoisotopic (exact) mass is 316 g/mol. The van der Waals surface area contributed by atoms with Crippen LogP contribution >= 0.6 is 0 Å². The minimum atomic E-state index is -3.21. The maximum Gasteiger partial charge on any atom is 0.270 e. The molecule has 1 aromatic carbocycles. The molecule has 0 N–H and O–H groups in total. The number of hydrogen-bond acceptors (Lipinski definition) is 5. The Morgan fingerprint density at radius 3 is 2.71 bits per heavy atom. The molecule has 0 spiro atoms. The number of non-ortho nitro benzene ring substituents is 1. The molecule has 1 atom stereocenters. The van der Waals surface area contributed by atoms with Crippen molar-refractivity contribution in [3.63, 3.8) is 0 Å². The third-order valence-corrected chi connectivity index (χ3v) is 5.12. The van der Waals surface area contributed by atoms with E-state index in [1.54, 1.807) is 6.92 Å². The number of nitrogens with zero attached hydrogens (tertiary/aromatic N) is 2. The fraction of sp³-hybridized carbons (Fsp3) is 0.417. The number of nitro benzene ring substituents is 1. The SMILES string of the molecule is CC1CS(=O)(=O)CCN1C(=O)c1cc([N+](=O)[O-])ccc1F. The zero-order chi connectivity index (χ0) is 15.8. The number of carbonyl (C=O) groups is 1. The maximum absolute atomic E-state index is 13.7. The number of benzene rings is 1. The number of rotatable bonds is 2. The average molecular weight is 316 g/mol. The topological polar surface area (TPSA) is 97.6 Å². The van der Waals surface area contributed by atoms with Gasteiger partial charge in [0.05, 0.1) is 22.0 Å². The van der Waals surface area contributed by atoms with Crippen molar-refractivity contribution in [1.82, 2.24) is 4.90 Å². The van der Waals surface area contributed by atoms with Crippen molar-refractivity contribution in [2.24, 2.45) is 0 Å². The van der Waals surface area contributed by atoms with E-state index in [4.69, 9.17) is 0 Å². The first-order valence-corrected chi connectivity index (χ1v) is 7.99. The molecule has 1 aliphatic rings. The number of sulfone groups is 1. The number of carbonyl (C=O) groups excluding carboxylic acids is 1. The molecule has 1 saturated heterocycles. The van der Waals surface area contributed by atoms with E-state index < -0.39 is 43.8 Å². The summed E-state index contributed by atoms with van der Waals surface area (Å²) in [5.41, 5.74) is -0.813. The first-order valence-electron chi connectivity index (χ1n) is 6.16. The van der Waals surface area contributed by atoms with E-state index >= 15 is 0 Å². The van der Waals surface area contributed by atoms with Crippen molar-refractivity contribution in [3.8, 4) is 0 Å². The van der Waals surface area contributed by atoms with Gasteiger partial charge in [-0.3, -0.25) is 14.9 Å². The Morgan fingerprint density at radius 1 is 1.48 bits per heavy atom. The van der Waals surface area contributed by atoms with Gasteiger partial charge in [-0.15, -0.1) is 0 Å². The van der Waals surface area contributed by atoms with E-state index in [2.05, 4.69) is 0 Å². The van der Waals surface area contributed by atoms with Gasteiger partial charge in [-0.05, 0) is 13.0 Å².